The molecule has 1 atom stereocenters. The lowest BCUT2D eigenvalue weighted by Crippen LogP contribution is -2.42. The summed E-state index contributed by atoms with van der Waals surface area (Å²) in [6.07, 6.45) is 11.3. The highest BCUT2D eigenvalue weighted by atomic mass is 16.5. The second kappa shape index (κ2) is 9.54. The van der Waals surface area contributed by atoms with E-state index in [2.05, 4.69) is 26.2 Å². The fraction of sp³-hybridized carbons (Fsp3) is 0.481. The van der Waals surface area contributed by atoms with E-state index in [0.717, 1.165) is 85.4 Å². The second-order valence-electron chi connectivity index (χ2n) is 10.0. The molecule has 0 unspecified atom stereocenters. The van der Waals surface area contributed by atoms with Crippen molar-refractivity contribution in [3.05, 3.63) is 48.2 Å². The molecule has 1 aromatic carbocycles. The third-order valence-electron chi connectivity index (χ3n) is 7.58. The lowest BCUT2D eigenvalue weighted by molar-refractivity contribution is 0.175. The summed E-state index contributed by atoms with van der Waals surface area (Å²) in [5, 5.41) is 8.13. The number of aromatic nitrogens is 4. The molecular formula is C27H32N6O3. The van der Waals surface area contributed by atoms with Crippen molar-refractivity contribution in [3.63, 3.8) is 0 Å². The number of piperidine rings is 1. The predicted octanol–water partition coefficient (Wildman–Crippen LogP) is 4.84. The maximum Gasteiger partial charge on any atom is 0.414 e. The van der Waals surface area contributed by atoms with E-state index < -0.39 is 0 Å². The van der Waals surface area contributed by atoms with Gasteiger partial charge < -0.3 is 14.8 Å². The number of methoxy groups -OCH3 is 1. The van der Waals surface area contributed by atoms with Crippen molar-refractivity contribution >= 4 is 11.8 Å². The number of carbonyl (C=O) groups is 1. The molecule has 2 fully saturated rings. The molecule has 1 saturated carbocycles. The summed E-state index contributed by atoms with van der Waals surface area (Å²) in [6, 6.07) is 6.40. The van der Waals surface area contributed by atoms with Crippen molar-refractivity contribution in [2.24, 2.45) is 0 Å². The number of benzene rings is 1. The largest absolute Gasteiger partial charge is 0.452 e. The van der Waals surface area contributed by atoms with E-state index in [1.807, 2.05) is 31.3 Å². The lowest BCUT2D eigenvalue weighted by atomic mass is 9.92. The van der Waals surface area contributed by atoms with Crippen LogP contribution in [0.25, 0.3) is 11.1 Å². The van der Waals surface area contributed by atoms with Gasteiger partial charge in [-0.25, -0.2) is 14.8 Å². The number of ether oxygens (including phenoxy) is 2. The lowest BCUT2D eigenvalue weighted by Gasteiger charge is -2.35. The zero-order valence-corrected chi connectivity index (χ0v) is 20.8. The average Bonchev–Trinajstić information content (AvgIpc) is 3.66. The van der Waals surface area contributed by atoms with Gasteiger partial charge in [-0.2, -0.15) is 5.10 Å². The third kappa shape index (κ3) is 4.32. The van der Waals surface area contributed by atoms with Crippen LogP contribution in [-0.4, -0.2) is 52.1 Å². The molecule has 6 rings (SSSR count). The van der Waals surface area contributed by atoms with Gasteiger partial charge in [0, 0.05) is 40.9 Å². The molecule has 9 heteroatoms. The molecule has 3 aromatic rings. The molecule has 0 bridgehead atoms. The summed E-state index contributed by atoms with van der Waals surface area (Å²) in [5.41, 5.74) is 4.76. The van der Waals surface area contributed by atoms with Crippen molar-refractivity contribution in [2.45, 2.75) is 63.5 Å². The Morgan fingerprint density at radius 2 is 1.94 bits per heavy atom. The van der Waals surface area contributed by atoms with Crippen molar-refractivity contribution in [1.82, 2.24) is 25.1 Å². The average molecular weight is 489 g/mol. The maximum atomic E-state index is 12.7. The Kier molecular flexibility index (Phi) is 6.08. The van der Waals surface area contributed by atoms with Gasteiger partial charge in [0.1, 0.15) is 12.1 Å². The Bertz CT molecular complexity index is 1260. The molecule has 0 radical (unpaired) electrons. The van der Waals surface area contributed by atoms with Crippen LogP contribution in [0.15, 0.2) is 36.9 Å². The summed E-state index contributed by atoms with van der Waals surface area (Å²) in [7, 11) is 1.42. The fourth-order valence-corrected chi connectivity index (χ4v) is 5.39. The van der Waals surface area contributed by atoms with Gasteiger partial charge in [-0.15, -0.1) is 0 Å². The monoisotopic (exact) mass is 488 g/mol. The Hall–Kier alpha value is -3.46. The highest BCUT2D eigenvalue weighted by Crippen LogP contribution is 2.45. The highest BCUT2D eigenvalue weighted by Gasteiger charge is 2.33. The van der Waals surface area contributed by atoms with Crippen LogP contribution in [0, 0.1) is 0 Å². The molecule has 188 valence electrons. The summed E-state index contributed by atoms with van der Waals surface area (Å²) < 4.78 is 13.8. The molecule has 0 spiro atoms. The number of nitrogens with one attached hydrogen (secondary N) is 1. The van der Waals surface area contributed by atoms with Gasteiger partial charge in [-0.05, 0) is 70.7 Å². The summed E-state index contributed by atoms with van der Waals surface area (Å²) in [4.78, 5) is 23.3. The zero-order chi connectivity index (χ0) is 24.6. The van der Waals surface area contributed by atoms with Crippen LogP contribution in [-0.2, 0) is 11.2 Å². The topological polar surface area (TPSA) is 94.4 Å². The molecule has 9 nitrogen and oxygen atoms in total. The molecule has 2 aliphatic heterocycles. The Morgan fingerprint density at radius 3 is 2.72 bits per heavy atom. The van der Waals surface area contributed by atoms with Crippen molar-refractivity contribution in [2.75, 3.05) is 25.1 Å². The quantitative estimate of drug-likeness (QED) is 0.549. The molecule has 4 heterocycles. The first-order valence-electron chi connectivity index (χ1n) is 12.9. The van der Waals surface area contributed by atoms with Gasteiger partial charge >= 0.3 is 6.09 Å². The van der Waals surface area contributed by atoms with Crippen LogP contribution in [0.3, 0.4) is 0 Å². The van der Waals surface area contributed by atoms with E-state index in [1.54, 1.807) is 11.2 Å². The van der Waals surface area contributed by atoms with Crippen LogP contribution < -0.4 is 15.0 Å². The van der Waals surface area contributed by atoms with Crippen LogP contribution in [0.1, 0.15) is 62.2 Å². The van der Waals surface area contributed by atoms with Gasteiger partial charge in [-0.1, -0.05) is 0 Å². The standard InChI is InChI=1S/C27H32N6O3/c1-17-3-6-22-24(33(17)27(34)35-2)8-7-21(19-14-31-32(15-19)20-9-11-28-12-10-20)26(22)36-25-13-23(18-4-5-18)29-16-30-25/h7-8,13-18,20,28H,3-6,9-12H2,1-2H3/t17-/m0/s1. The fourth-order valence-electron chi connectivity index (χ4n) is 5.39. The Morgan fingerprint density at radius 1 is 1.11 bits per heavy atom. The number of hydrogen-bond donors (Lipinski definition) is 1. The maximum absolute atomic E-state index is 12.7. The zero-order valence-electron chi connectivity index (χ0n) is 20.8. The smallest absolute Gasteiger partial charge is 0.414 e. The minimum atomic E-state index is -0.362. The van der Waals surface area contributed by atoms with Gasteiger partial charge in [0.2, 0.25) is 5.88 Å². The number of anilines is 1. The first-order chi connectivity index (χ1) is 17.6. The van der Waals surface area contributed by atoms with Crippen LogP contribution in [0.4, 0.5) is 10.5 Å². The molecular weight excluding hydrogens is 456 g/mol. The van der Waals surface area contributed by atoms with E-state index >= 15 is 0 Å². The molecule has 3 aliphatic rings. The third-order valence-corrected chi connectivity index (χ3v) is 7.58. The first kappa shape index (κ1) is 23.0. The highest BCUT2D eigenvalue weighted by molar-refractivity contribution is 5.92. The minimum absolute atomic E-state index is 0.0341. The summed E-state index contributed by atoms with van der Waals surface area (Å²) in [6.45, 7) is 4.06. The molecule has 1 aliphatic carbocycles. The molecule has 1 saturated heterocycles. The minimum Gasteiger partial charge on any atom is -0.452 e. The van der Waals surface area contributed by atoms with Crippen LogP contribution >= 0.6 is 0 Å². The summed E-state index contributed by atoms with van der Waals surface area (Å²) >= 11 is 0. The van der Waals surface area contributed by atoms with Crippen LogP contribution in [0.2, 0.25) is 0 Å². The summed E-state index contributed by atoms with van der Waals surface area (Å²) in [5.74, 6) is 1.74. The number of carbonyl (C=O) groups excluding carboxylic acids is 1. The normalized spacial score (nSPS) is 20.2. The van der Waals surface area contributed by atoms with E-state index in [0.29, 0.717) is 17.8 Å². The number of hydrogen-bond acceptors (Lipinski definition) is 7. The predicted molar refractivity (Wildman–Crippen MR) is 136 cm³/mol. The van der Waals surface area contributed by atoms with Gasteiger partial charge in [-0.3, -0.25) is 9.58 Å². The van der Waals surface area contributed by atoms with E-state index in [1.165, 1.54) is 7.11 Å². The van der Waals surface area contributed by atoms with Gasteiger partial charge in [0.15, 0.2) is 0 Å². The molecule has 1 amide bonds. The Balaban J connectivity index is 1.43. The SMILES string of the molecule is COC(=O)N1c2ccc(-c3cnn(C4CCNCC4)c3)c(Oc3cc(C4CC4)ncn3)c2CC[C@@H]1C. The molecule has 2 aromatic heterocycles. The number of amides is 1. The van der Waals surface area contributed by atoms with E-state index in [9.17, 15) is 4.79 Å². The van der Waals surface area contributed by atoms with Crippen molar-refractivity contribution < 1.29 is 14.3 Å². The van der Waals surface area contributed by atoms with Crippen molar-refractivity contribution in [3.8, 4) is 22.8 Å². The van der Waals surface area contributed by atoms with Gasteiger partial charge in [0.25, 0.3) is 0 Å². The first-order valence-corrected chi connectivity index (χ1v) is 12.9. The second-order valence-corrected chi connectivity index (χ2v) is 10.0. The number of fused-ring (bicyclic) bond motifs is 1. The van der Waals surface area contributed by atoms with Crippen molar-refractivity contribution in [1.29, 1.82) is 0 Å². The Labute approximate surface area is 210 Å². The molecule has 1 N–H and O–H groups in total. The van der Waals surface area contributed by atoms with Gasteiger partial charge in [0.05, 0.1) is 30.7 Å². The van der Waals surface area contributed by atoms with Crippen LogP contribution in [0.5, 0.6) is 11.6 Å². The molecule has 36 heavy (non-hydrogen) atoms. The van der Waals surface area contributed by atoms with E-state index in [4.69, 9.17) is 14.6 Å². The number of rotatable bonds is 5. The number of nitrogens with zero attached hydrogens (tertiary/aromatic N) is 5. The van der Waals surface area contributed by atoms with E-state index in [-0.39, 0.29) is 12.1 Å².